The van der Waals surface area contributed by atoms with Crippen LogP contribution in [0.4, 0.5) is 5.69 Å². The standard InChI is InChI=1S/C14H17ClN2O5/c1-8(2)5-9(14(19)20)7-16-13(18)11-4-3-10(15)6-12(11)17(21)22/h3-4,6,8-9H,5,7H2,1-2H3,(H,16,18)(H,19,20). The third-order valence-electron chi connectivity index (χ3n) is 3.02. The lowest BCUT2D eigenvalue weighted by Crippen LogP contribution is -2.34. The molecular formula is C14H17ClN2O5. The molecule has 0 aromatic heterocycles. The molecule has 1 atom stereocenters. The summed E-state index contributed by atoms with van der Waals surface area (Å²) in [7, 11) is 0. The highest BCUT2D eigenvalue weighted by Crippen LogP contribution is 2.23. The van der Waals surface area contributed by atoms with Crippen LogP contribution in [0.5, 0.6) is 0 Å². The SMILES string of the molecule is CC(C)CC(CNC(=O)c1ccc(Cl)cc1[N+](=O)[O-])C(=O)O. The number of nitro groups is 1. The summed E-state index contributed by atoms with van der Waals surface area (Å²) in [5.41, 5.74) is -0.566. The highest BCUT2D eigenvalue weighted by atomic mass is 35.5. The first-order chi connectivity index (χ1) is 10.2. The zero-order chi connectivity index (χ0) is 16.9. The molecule has 0 fully saturated rings. The third-order valence-corrected chi connectivity index (χ3v) is 3.25. The van der Waals surface area contributed by atoms with E-state index in [9.17, 15) is 19.7 Å². The molecule has 0 radical (unpaired) electrons. The number of nitrogens with one attached hydrogen (secondary N) is 1. The Morgan fingerprint density at radius 2 is 2.05 bits per heavy atom. The Labute approximate surface area is 132 Å². The molecule has 7 nitrogen and oxygen atoms in total. The van der Waals surface area contributed by atoms with E-state index >= 15 is 0 Å². The molecule has 1 amide bonds. The number of hydrogen-bond acceptors (Lipinski definition) is 4. The Kier molecular flexibility index (Phi) is 6.30. The number of nitro benzene ring substituents is 1. The van der Waals surface area contributed by atoms with Crippen LogP contribution >= 0.6 is 11.6 Å². The predicted molar refractivity (Wildman–Crippen MR) is 81.0 cm³/mol. The zero-order valence-electron chi connectivity index (χ0n) is 12.2. The van der Waals surface area contributed by atoms with Crippen LogP contribution in [0, 0.1) is 22.0 Å². The van der Waals surface area contributed by atoms with Crippen LogP contribution in [0.1, 0.15) is 30.6 Å². The molecule has 8 heteroatoms. The molecule has 0 saturated carbocycles. The smallest absolute Gasteiger partial charge is 0.308 e. The number of rotatable bonds is 7. The fourth-order valence-electron chi connectivity index (χ4n) is 2.00. The molecule has 0 spiro atoms. The summed E-state index contributed by atoms with van der Waals surface area (Å²) in [4.78, 5) is 33.4. The summed E-state index contributed by atoms with van der Waals surface area (Å²) in [6.07, 6.45) is 0.401. The normalized spacial score (nSPS) is 12.0. The van der Waals surface area contributed by atoms with Crippen molar-refractivity contribution >= 4 is 29.2 Å². The fraction of sp³-hybridized carbons (Fsp3) is 0.429. The van der Waals surface area contributed by atoms with Crippen LogP contribution in [0.25, 0.3) is 0 Å². The lowest BCUT2D eigenvalue weighted by atomic mass is 9.97. The number of benzene rings is 1. The topological polar surface area (TPSA) is 110 Å². The van der Waals surface area contributed by atoms with E-state index in [0.29, 0.717) is 6.42 Å². The fourth-order valence-corrected chi connectivity index (χ4v) is 2.17. The number of aliphatic carboxylic acids is 1. The average molecular weight is 329 g/mol. The lowest BCUT2D eigenvalue weighted by molar-refractivity contribution is -0.385. The number of carboxylic acids is 1. The number of carbonyl (C=O) groups excluding carboxylic acids is 1. The summed E-state index contributed by atoms with van der Waals surface area (Å²) in [6, 6.07) is 3.69. The Balaban J connectivity index is 2.85. The van der Waals surface area contributed by atoms with Crippen molar-refractivity contribution in [2.45, 2.75) is 20.3 Å². The van der Waals surface area contributed by atoms with Gasteiger partial charge in [0.25, 0.3) is 11.6 Å². The van der Waals surface area contributed by atoms with Crippen molar-refractivity contribution in [2.75, 3.05) is 6.54 Å². The van der Waals surface area contributed by atoms with Gasteiger partial charge in [0.2, 0.25) is 0 Å². The van der Waals surface area contributed by atoms with Crippen LogP contribution in [-0.4, -0.2) is 28.5 Å². The first-order valence-electron chi connectivity index (χ1n) is 6.67. The van der Waals surface area contributed by atoms with Gasteiger partial charge in [0.1, 0.15) is 5.56 Å². The minimum Gasteiger partial charge on any atom is -0.481 e. The minimum atomic E-state index is -1.01. The van der Waals surface area contributed by atoms with Gasteiger partial charge < -0.3 is 10.4 Å². The molecule has 0 heterocycles. The predicted octanol–water partition coefficient (Wildman–Crippen LogP) is 2.72. The van der Waals surface area contributed by atoms with Gasteiger partial charge in [-0.1, -0.05) is 25.4 Å². The Hall–Kier alpha value is -2.15. The molecule has 0 aliphatic rings. The maximum Gasteiger partial charge on any atom is 0.308 e. The second kappa shape index (κ2) is 7.74. The maximum absolute atomic E-state index is 12.0. The van der Waals surface area contributed by atoms with Gasteiger partial charge in [0.15, 0.2) is 0 Å². The Bertz CT molecular complexity index is 589. The second-order valence-corrected chi connectivity index (χ2v) is 5.73. The molecule has 1 aromatic rings. The number of carboxylic acid groups (broad SMARTS) is 1. The molecule has 0 bridgehead atoms. The number of amides is 1. The number of nitrogens with zero attached hydrogens (tertiary/aromatic N) is 1. The maximum atomic E-state index is 12.0. The monoisotopic (exact) mass is 328 g/mol. The van der Waals surface area contributed by atoms with Gasteiger partial charge in [0, 0.05) is 17.6 Å². The van der Waals surface area contributed by atoms with Gasteiger partial charge in [0.05, 0.1) is 10.8 Å². The van der Waals surface area contributed by atoms with Crippen molar-refractivity contribution in [2.24, 2.45) is 11.8 Å². The largest absolute Gasteiger partial charge is 0.481 e. The highest BCUT2D eigenvalue weighted by molar-refractivity contribution is 6.31. The molecule has 0 aliphatic heterocycles. The van der Waals surface area contributed by atoms with Gasteiger partial charge >= 0.3 is 5.97 Å². The van der Waals surface area contributed by atoms with Crippen molar-refractivity contribution in [3.63, 3.8) is 0 Å². The summed E-state index contributed by atoms with van der Waals surface area (Å²) in [6.45, 7) is 3.66. The summed E-state index contributed by atoms with van der Waals surface area (Å²) < 4.78 is 0. The average Bonchev–Trinajstić information content (AvgIpc) is 2.42. The molecular weight excluding hydrogens is 312 g/mol. The molecule has 0 aliphatic carbocycles. The molecule has 0 saturated heterocycles. The van der Waals surface area contributed by atoms with Crippen molar-refractivity contribution in [3.8, 4) is 0 Å². The van der Waals surface area contributed by atoms with Gasteiger partial charge in [-0.15, -0.1) is 0 Å². The summed E-state index contributed by atoms with van der Waals surface area (Å²) in [5.74, 6) is -2.30. The number of carbonyl (C=O) groups is 2. The van der Waals surface area contributed by atoms with Crippen LogP contribution in [0.15, 0.2) is 18.2 Å². The number of hydrogen-bond donors (Lipinski definition) is 2. The van der Waals surface area contributed by atoms with Crippen LogP contribution in [0.2, 0.25) is 5.02 Å². The van der Waals surface area contributed by atoms with Gasteiger partial charge in [-0.3, -0.25) is 19.7 Å². The molecule has 2 N–H and O–H groups in total. The molecule has 120 valence electrons. The van der Waals surface area contributed by atoms with Gasteiger partial charge in [-0.25, -0.2) is 0 Å². The van der Waals surface area contributed by atoms with E-state index in [1.807, 2.05) is 13.8 Å². The summed E-state index contributed by atoms with van der Waals surface area (Å²) >= 11 is 5.68. The van der Waals surface area contributed by atoms with Crippen molar-refractivity contribution in [3.05, 3.63) is 38.9 Å². The van der Waals surface area contributed by atoms with Crippen LogP contribution in [-0.2, 0) is 4.79 Å². The van der Waals surface area contributed by atoms with E-state index < -0.39 is 28.4 Å². The highest BCUT2D eigenvalue weighted by Gasteiger charge is 2.23. The molecule has 1 unspecified atom stereocenters. The van der Waals surface area contributed by atoms with Crippen molar-refractivity contribution in [1.29, 1.82) is 0 Å². The van der Waals surface area contributed by atoms with E-state index in [-0.39, 0.29) is 23.0 Å². The van der Waals surface area contributed by atoms with Crippen LogP contribution in [0.3, 0.4) is 0 Å². The Morgan fingerprint density at radius 1 is 1.41 bits per heavy atom. The van der Waals surface area contributed by atoms with E-state index in [1.165, 1.54) is 12.1 Å². The first kappa shape index (κ1) is 17.9. The minimum absolute atomic E-state index is 0.0911. The zero-order valence-corrected chi connectivity index (χ0v) is 13.0. The quantitative estimate of drug-likeness (QED) is 0.590. The van der Waals surface area contributed by atoms with Crippen molar-refractivity contribution < 1.29 is 19.6 Å². The van der Waals surface area contributed by atoms with Crippen LogP contribution < -0.4 is 5.32 Å². The number of halogens is 1. The van der Waals surface area contributed by atoms with Gasteiger partial charge in [-0.2, -0.15) is 0 Å². The van der Waals surface area contributed by atoms with E-state index in [4.69, 9.17) is 16.7 Å². The second-order valence-electron chi connectivity index (χ2n) is 5.29. The molecule has 22 heavy (non-hydrogen) atoms. The first-order valence-corrected chi connectivity index (χ1v) is 7.05. The van der Waals surface area contributed by atoms with E-state index in [1.54, 1.807) is 0 Å². The van der Waals surface area contributed by atoms with E-state index in [2.05, 4.69) is 5.32 Å². The molecule has 1 aromatic carbocycles. The van der Waals surface area contributed by atoms with E-state index in [0.717, 1.165) is 6.07 Å². The Morgan fingerprint density at radius 3 is 2.55 bits per heavy atom. The lowest BCUT2D eigenvalue weighted by Gasteiger charge is -2.15. The van der Waals surface area contributed by atoms with Crippen molar-refractivity contribution in [1.82, 2.24) is 5.32 Å². The molecule has 1 rings (SSSR count). The third kappa shape index (κ3) is 5.00. The summed E-state index contributed by atoms with van der Waals surface area (Å²) in [5, 5.41) is 22.6. The van der Waals surface area contributed by atoms with Gasteiger partial charge in [-0.05, 0) is 24.5 Å².